The number of rotatable bonds is 8. The maximum atomic E-state index is 12.6. The van der Waals surface area contributed by atoms with E-state index in [0.717, 1.165) is 12.8 Å². The van der Waals surface area contributed by atoms with Crippen LogP contribution in [0.3, 0.4) is 0 Å². The van der Waals surface area contributed by atoms with Crippen LogP contribution in [0.25, 0.3) is 0 Å². The highest BCUT2D eigenvalue weighted by Gasteiger charge is 2.23. The molecule has 1 amide bonds. The molecule has 11 heteroatoms. The van der Waals surface area contributed by atoms with Crippen LogP contribution in [0.4, 0.5) is 5.69 Å². The number of amides is 1. The second kappa shape index (κ2) is 9.52. The first-order valence-corrected chi connectivity index (χ1v) is 11.0. The van der Waals surface area contributed by atoms with Crippen molar-refractivity contribution in [3.8, 4) is 0 Å². The summed E-state index contributed by atoms with van der Waals surface area (Å²) >= 11 is 6.06. The minimum Gasteiger partial charge on any atom is -0.377 e. The van der Waals surface area contributed by atoms with Gasteiger partial charge in [0.05, 0.1) is 16.0 Å². The maximum Gasteiger partial charge on any atom is 0.269 e. The molecule has 0 bridgehead atoms. The van der Waals surface area contributed by atoms with E-state index in [-0.39, 0.29) is 40.4 Å². The molecule has 2 aromatic rings. The molecular weight excluding hydrogens is 434 g/mol. The van der Waals surface area contributed by atoms with E-state index in [1.165, 1.54) is 42.5 Å². The first kappa shape index (κ1) is 22.2. The molecule has 1 saturated heterocycles. The van der Waals surface area contributed by atoms with Crippen LogP contribution in [0.15, 0.2) is 47.4 Å². The Bertz CT molecular complexity index is 1040. The molecule has 9 nitrogen and oxygen atoms in total. The molecule has 1 aliphatic rings. The number of nitrogens with one attached hydrogen (secondary N) is 2. The Kier molecular flexibility index (Phi) is 7.03. The third-order valence-corrected chi connectivity index (χ3v) is 6.51. The largest absolute Gasteiger partial charge is 0.377 e. The number of hydrogen-bond acceptors (Lipinski definition) is 6. The van der Waals surface area contributed by atoms with Crippen molar-refractivity contribution in [3.63, 3.8) is 0 Å². The van der Waals surface area contributed by atoms with E-state index >= 15 is 0 Å². The summed E-state index contributed by atoms with van der Waals surface area (Å²) in [5.74, 6) is -0.499. The number of non-ortho nitro benzene ring substituents is 1. The van der Waals surface area contributed by atoms with Gasteiger partial charge in [0.25, 0.3) is 11.6 Å². The monoisotopic (exact) mass is 453 g/mol. The Morgan fingerprint density at radius 2 is 1.97 bits per heavy atom. The maximum absolute atomic E-state index is 12.6. The van der Waals surface area contributed by atoms with Crippen molar-refractivity contribution in [1.29, 1.82) is 0 Å². The minimum absolute atomic E-state index is 0.00163. The predicted molar refractivity (Wildman–Crippen MR) is 110 cm³/mol. The van der Waals surface area contributed by atoms with Gasteiger partial charge < -0.3 is 10.1 Å². The van der Waals surface area contributed by atoms with Crippen LogP contribution >= 0.6 is 11.6 Å². The molecule has 2 aromatic carbocycles. The van der Waals surface area contributed by atoms with Crippen LogP contribution in [-0.2, 0) is 21.3 Å². The molecule has 1 atom stereocenters. The number of nitro benzene ring substituents is 1. The van der Waals surface area contributed by atoms with Crippen LogP contribution < -0.4 is 10.0 Å². The average Bonchev–Trinajstić information content (AvgIpc) is 3.25. The fourth-order valence-electron chi connectivity index (χ4n) is 2.96. The van der Waals surface area contributed by atoms with E-state index in [2.05, 4.69) is 10.0 Å². The Balaban J connectivity index is 1.67. The quantitative estimate of drug-likeness (QED) is 0.467. The second-order valence-electron chi connectivity index (χ2n) is 6.74. The van der Waals surface area contributed by atoms with Gasteiger partial charge in [0.15, 0.2) is 0 Å². The predicted octanol–water partition coefficient (Wildman–Crippen LogP) is 2.64. The van der Waals surface area contributed by atoms with Gasteiger partial charge in [-0.15, -0.1) is 0 Å². The Morgan fingerprint density at radius 3 is 2.60 bits per heavy atom. The van der Waals surface area contributed by atoms with Crippen molar-refractivity contribution in [3.05, 3.63) is 68.7 Å². The van der Waals surface area contributed by atoms with Gasteiger partial charge in [-0.3, -0.25) is 14.9 Å². The van der Waals surface area contributed by atoms with Crippen molar-refractivity contribution >= 4 is 33.2 Å². The number of sulfonamides is 1. The Labute approximate surface area is 178 Å². The molecule has 0 aromatic heterocycles. The molecule has 0 radical (unpaired) electrons. The number of nitrogens with zero attached hydrogens (tertiary/aromatic N) is 1. The normalized spacial score (nSPS) is 16.4. The van der Waals surface area contributed by atoms with Gasteiger partial charge in [-0.1, -0.05) is 23.7 Å². The topological polar surface area (TPSA) is 128 Å². The Hall–Kier alpha value is -2.53. The molecule has 3 rings (SSSR count). The second-order valence-corrected chi connectivity index (χ2v) is 8.88. The minimum atomic E-state index is -3.92. The number of hydrogen-bond donors (Lipinski definition) is 2. The number of nitro groups is 1. The highest BCUT2D eigenvalue weighted by Crippen LogP contribution is 2.23. The first-order chi connectivity index (χ1) is 14.3. The van der Waals surface area contributed by atoms with Crippen molar-refractivity contribution in [2.24, 2.45) is 0 Å². The van der Waals surface area contributed by atoms with Crippen LogP contribution in [-0.4, -0.2) is 38.5 Å². The fourth-order valence-corrected chi connectivity index (χ4v) is 4.55. The van der Waals surface area contributed by atoms with Crippen LogP contribution in [0.2, 0.25) is 5.02 Å². The molecular formula is C19H20ClN3O6S. The van der Waals surface area contributed by atoms with Gasteiger partial charge in [-0.05, 0) is 36.6 Å². The molecule has 0 aliphatic carbocycles. The summed E-state index contributed by atoms with van der Waals surface area (Å²) in [6.07, 6.45) is 1.49. The number of benzene rings is 2. The first-order valence-electron chi connectivity index (χ1n) is 9.18. The van der Waals surface area contributed by atoms with Gasteiger partial charge in [0.1, 0.15) is 4.90 Å². The third-order valence-electron chi connectivity index (χ3n) is 4.61. The van der Waals surface area contributed by atoms with Crippen molar-refractivity contribution in [2.75, 3.05) is 13.2 Å². The molecule has 1 unspecified atom stereocenters. The SMILES string of the molecule is O=C(NCc1ccc([N+](=O)[O-])cc1)c1ccc(Cl)c(S(=O)(=O)NCC2CCCO2)c1. The lowest BCUT2D eigenvalue weighted by Gasteiger charge is -2.13. The number of halogens is 1. The van der Waals surface area contributed by atoms with E-state index < -0.39 is 20.9 Å². The zero-order valence-electron chi connectivity index (χ0n) is 15.8. The summed E-state index contributed by atoms with van der Waals surface area (Å²) in [7, 11) is -3.92. The molecule has 0 spiro atoms. The van der Waals surface area contributed by atoms with E-state index in [9.17, 15) is 23.3 Å². The van der Waals surface area contributed by atoms with E-state index in [0.29, 0.717) is 12.2 Å². The fraction of sp³-hybridized carbons (Fsp3) is 0.316. The van der Waals surface area contributed by atoms with Gasteiger partial charge in [-0.25, -0.2) is 13.1 Å². The molecule has 2 N–H and O–H groups in total. The number of carbonyl (C=O) groups is 1. The number of carbonyl (C=O) groups excluding carboxylic acids is 1. The summed E-state index contributed by atoms with van der Waals surface area (Å²) in [4.78, 5) is 22.4. The van der Waals surface area contributed by atoms with Crippen molar-refractivity contribution < 1.29 is 22.9 Å². The molecule has 0 saturated carbocycles. The summed E-state index contributed by atoms with van der Waals surface area (Å²) in [5, 5.41) is 13.3. The van der Waals surface area contributed by atoms with Crippen LogP contribution in [0.5, 0.6) is 0 Å². The standard InChI is InChI=1S/C19H20ClN3O6S/c20-17-8-5-14(10-18(17)30(27,28)22-12-16-2-1-9-29-16)19(24)21-11-13-3-6-15(7-4-13)23(25)26/h3-8,10,16,22H,1-2,9,11-12H2,(H,21,24). The number of ether oxygens (including phenoxy) is 1. The van der Waals surface area contributed by atoms with Crippen LogP contribution in [0.1, 0.15) is 28.8 Å². The zero-order valence-corrected chi connectivity index (χ0v) is 17.4. The van der Waals surface area contributed by atoms with Crippen molar-refractivity contribution in [1.82, 2.24) is 10.0 Å². The highest BCUT2D eigenvalue weighted by atomic mass is 35.5. The molecule has 1 fully saturated rings. The molecule has 1 aliphatic heterocycles. The Morgan fingerprint density at radius 1 is 1.23 bits per heavy atom. The molecule has 1 heterocycles. The molecule has 30 heavy (non-hydrogen) atoms. The van der Waals surface area contributed by atoms with Gasteiger partial charge in [0, 0.05) is 37.4 Å². The van der Waals surface area contributed by atoms with Gasteiger partial charge in [0.2, 0.25) is 10.0 Å². The summed E-state index contributed by atoms with van der Waals surface area (Å²) in [5.41, 5.74) is 0.737. The smallest absolute Gasteiger partial charge is 0.269 e. The summed E-state index contributed by atoms with van der Waals surface area (Å²) < 4.78 is 33.1. The van der Waals surface area contributed by atoms with E-state index in [1.54, 1.807) is 0 Å². The van der Waals surface area contributed by atoms with Gasteiger partial charge >= 0.3 is 0 Å². The highest BCUT2D eigenvalue weighted by molar-refractivity contribution is 7.89. The molecule has 160 valence electrons. The van der Waals surface area contributed by atoms with Gasteiger partial charge in [-0.2, -0.15) is 0 Å². The average molecular weight is 454 g/mol. The van der Waals surface area contributed by atoms with E-state index in [1.807, 2.05) is 0 Å². The third kappa shape index (κ3) is 5.54. The summed E-state index contributed by atoms with van der Waals surface area (Å²) in [6.45, 7) is 0.867. The lowest BCUT2D eigenvalue weighted by Crippen LogP contribution is -2.32. The van der Waals surface area contributed by atoms with E-state index in [4.69, 9.17) is 16.3 Å². The summed E-state index contributed by atoms with van der Waals surface area (Å²) in [6, 6.07) is 9.74. The van der Waals surface area contributed by atoms with Crippen LogP contribution in [0, 0.1) is 10.1 Å². The lowest BCUT2D eigenvalue weighted by atomic mass is 10.2. The van der Waals surface area contributed by atoms with Crippen molar-refractivity contribution in [2.45, 2.75) is 30.4 Å². The zero-order chi connectivity index (χ0) is 21.7. The lowest BCUT2D eigenvalue weighted by molar-refractivity contribution is -0.384.